The van der Waals surface area contributed by atoms with E-state index in [2.05, 4.69) is 6.92 Å². The van der Waals surface area contributed by atoms with Gasteiger partial charge in [0.15, 0.2) is 0 Å². The van der Waals surface area contributed by atoms with Gasteiger partial charge < -0.3 is 0 Å². The van der Waals surface area contributed by atoms with Crippen LogP contribution in [0.2, 0.25) is 0 Å². The molecule has 0 amide bonds. The quantitative estimate of drug-likeness (QED) is 0.142. The maximum atomic E-state index is 11.7. The molecule has 0 aliphatic rings. The highest BCUT2D eigenvalue weighted by Crippen LogP contribution is 2.26. The molecular weight excluding hydrogens is 460 g/mol. The Morgan fingerprint density at radius 3 is 1.33 bits per heavy atom. The molecule has 0 aliphatic carbocycles. The van der Waals surface area contributed by atoms with Gasteiger partial charge in [-0.3, -0.25) is 9.11 Å². The van der Waals surface area contributed by atoms with Gasteiger partial charge in [0.25, 0.3) is 20.2 Å². The Morgan fingerprint density at radius 2 is 0.970 bits per heavy atom. The van der Waals surface area contributed by atoms with E-state index < -0.39 is 30.0 Å². The van der Waals surface area contributed by atoms with Crippen LogP contribution in [0, 0.1) is 0 Å². The summed E-state index contributed by atoms with van der Waals surface area (Å²) in [6.07, 6.45) is 21.5. The standard InChI is InChI=1S/C25H44O6S2/c1-2-3-4-5-6-7-8-9-10-11-12-13-14-15-16-17-18-20-23-21-19-22-24(32(26,27)28)25(23)33(29,30)31/h19,21-22H,2-18,20H2,1H3,(H,26,27,28)(H,29,30,31). The molecule has 6 nitrogen and oxygen atoms in total. The summed E-state index contributed by atoms with van der Waals surface area (Å²) in [4.78, 5) is -1.47. The highest BCUT2D eigenvalue weighted by Gasteiger charge is 2.26. The van der Waals surface area contributed by atoms with Crippen molar-refractivity contribution in [1.29, 1.82) is 0 Å². The van der Waals surface area contributed by atoms with E-state index in [9.17, 15) is 25.9 Å². The van der Waals surface area contributed by atoms with Gasteiger partial charge in [-0.2, -0.15) is 16.8 Å². The second-order valence-corrected chi connectivity index (χ2v) is 11.8. The molecule has 33 heavy (non-hydrogen) atoms. The molecule has 0 fully saturated rings. The van der Waals surface area contributed by atoms with Crippen molar-refractivity contribution in [2.24, 2.45) is 0 Å². The summed E-state index contributed by atoms with van der Waals surface area (Å²) in [5.74, 6) is 0. The molecule has 0 aliphatic heterocycles. The predicted octanol–water partition coefficient (Wildman–Crippen LogP) is 7.37. The van der Waals surface area contributed by atoms with Crippen molar-refractivity contribution >= 4 is 20.2 Å². The van der Waals surface area contributed by atoms with Gasteiger partial charge in [0.05, 0.1) is 0 Å². The normalized spacial score (nSPS) is 12.3. The van der Waals surface area contributed by atoms with Crippen molar-refractivity contribution < 1.29 is 25.9 Å². The molecule has 1 aromatic rings. The Labute approximate surface area is 202 Å². The highest BCUT2D eigenvalue weighted by molar-refractivity contribution is 7.89. The van der Waals surface area contributed by atoms with Crippen LogP contribution in [0.15, 0.2) is 28.0 Å². The number of rotatable bonds is 20. The topological polar surface area (TPSA) is 109 Å². The zero-order valence-corrected chi connectivity index (χ0v) is 21.9. The van der Waals surface area contributed by atoms with Crippen LogP contribution >= 0.6 is 0 Å². The smallest absolute Gasteiger partial charge is 0.282 e. The van der Waals surface area contributed by atoms with Gasteiger partial charge in [-0.15, -0.1) is 0 Å². The maximum absolute atomic E-state index is 11.7. The molecule has 0 radical (unpaired) electrons. The van der Waals surface area contributed by atoms with Crippen molar-refractivity contribution in [2.75, 3.05) is 0 Å². The summed E-state index contributed by atoms with van der Waals surface area (Å²) < 4.78 is 65.0. The lowest BCUT2D eigenvalue weighted by Crippen LogP contribution is -2.11. The molecule has 0 saturated carbocycles. The highest BCUT2D eigenvalue weighted by atomic mass is 32.2. The van der Waals surface area contributed by atoms with E-state index in [0.717, 1.165) is 25.3 Å². The van der Waals surface area contributed by atoms with Crippen molar-refractivity contribution in [3.8, 4) is 0 Å². The fourth-order valence-electron chi connectivity index (χ4n) is 4.29. The predicted molar refractivity (Wildman–Crippen MR) is 134 cm³/mol. The summed E-state index contributed by atoms with van der Waals surface area (Å²) in [5.41, 5.74) is 0.216. The lowest BCUT2D eigenvalue weighted by Gasteiger charge is -2.10. The van der Waals surface area contributed by atoms with Crippen LogP contribution in [0.5, 0.6) is 0 Å². The second kappa shape index (κ2) is 16.6. The number of hydrogen-bond acceptors (Lipinski definition) is 4. The zero-order valence-electron chi connectivity index (χ0n) is 20.3. The van der Waals surface area contributed by atoms with Crippen molar-refractivity contribution in [3.05, 3.63) is 23.8 Å². The number of hydrogen-bond donors (Lipinski definition) is 2. The fraction of sp³-hybridized carbons (Fsp3) is 0.760. The molecule has 0 unspecified atom stereocenters. The molecule has 1 aromatic carbocycles. The minimum absolute atomic E-state index is 0.216. The van der Waals surface area contributed by atoms with Gasteiger partial charge in [-0.05, 0) is 24.5 Å². The molecule has 8 heteroatoms. The molecule has 1 rings (SSSR count). The van der Waals surface area contributed by atoms with Crippen molar-refractivity contribution in [1.82, 2.24) is 0 Å². The van der Waals surface area contributed by atoms with Gasteiger partial charge >= 0.3 is 0 Å². The SMILES string of the molecule is CCCCCCCCCCCCCCCCCCCc1cccc(S(=O)(=O)O)c1S(=O)(=O)O. The van der Waals surface area contributed by atoms with Crippen molar-refractivity contribution in [3.63, 3.8) is 0 Å². The number of unbranched alkanes of at least 4 members (excludes halogenated alkanes) is 16. The van der Waals surface area contributed by atoms with E-state index >= 15 is 0 Å². The summed E-state index contributed by atoms with van der Waals surface area (Å²) >= 11 is 0. The van der Waals surface area contributed by atoms with E-state index in [0.29, 0.717) is 12.8 Å². The van der Waals surface area contributed by atoms with Gasteiger partial charge in [0.2, 0.25) is 0 Å². The van der Waals surface area contributed by atoms with E-state index in [4.69, 9.17) is 0 Å². The van der Waals surface area contributed by atoms with E-state index in [-0.39, 0.29) is 5.56 Å². The van der Waals surface area contributed by atoms with E-state index in [1.165, 1.54) is 95.6 Å². The Balaban J connectivity index is 2.13. The average Bonchev–Trinajstić information content (AvgIpc) is 2.74. The Hall–Kier alpha value is -0.960. The molecular formula is C25H44O6S2. The van der Waals surface area contributed by atoms with Gasteiger partial charge in [0, 0.05) is 0 Å². The van der Waals surface area contributed by atoms with Crippen LogP contribution in [-0.4, -0.2) is 25.9 Å². The van der Waals surface area contributed by atoms with Crippen LogP contribution in [-0.2, 0) is 26.7 Å². The third-order valence-corrected chi connectivity index (χ3v) is 8.17. The summed E-state index contributed by atoms with van der Waals surface area (Å²) in [6, 6.07) is 3.83. The molecule has 0 aromatic heterocycles. The van der Waals surface area contributed by atoms with E-state index in [1.54, 1.807) is 0 Å². The van der Waals surface area contributed by atoms with Gasteiger partial charge in [-0.25, -0.2) is 0 Å². The van der Waals surface area contributed by atoms with Crippen LogP contribution in [0.1, 0.15) is 122 Å². The number of aryl methyl sites for hydroxylation is 1. The average molecular weight is 505 g/mol. The van der Waals surface area contributed by atoms with Crippen LogP contribution in [0.25, 0.3) is 0 Å². The largest absolute Gasteiger partial charge is 0.296 e. The molecule has 192 valence electrons. The summed E-state index contributed by atoms with van der Waals surface area (Å²) in [5, 5.41) is 0. The zero-order chi connectivity index (χ0) is 24.6. The number of benzene rings is 1. The molecule has 2 N–H and O–H groups in total. The summed E-state index contributed by atoms with van der Waals surface area (Å²) in [7, 11) is -9.50. The van der Waals surface area contributed by atoms with E-state index in [1.807, 2.05) is 0 Å². The molecule has 0 heterocycles. The van der Waals surface area contributed by atoms with Crippen molar-refractivity contribution in [2.45, 2.75) is 132 Å². The first-order valence-electron chi connectivity index (χ1n) is 12.7. The third kappa shape index (κ3) is 13.5. The maximum Gasteiger partial charge on any atom is 0.296 e. The Kier molecular flexibility index (Phi) is 15.2. The Morgan fingerprint density at radius 1 is 0.576 bits per heavy atom. The lowest BCUT2D eigenvalue weighted by molar-refractivity contribution is 0.464. The molecule has 0 saturated heterocycles. The lowest BCUT2D eigenvalue weighted by atomic mass is 10.0. The molecule has 0 atom stereocenters. The minimum atomic E-state index is -4.76. The van der Waals surface area contributed by atoms with Crippen LogP contribution in [0.4, 0.5) is 0 Å². The summed E-state index contributed by atoms with van der Waals surface area (Å²) in [6.45, 7) is 2.25. The van der Waals surface area contributed by atoms with Crippen LogP contribution < -0.4 is 0 Å². The van der Waals surface area contributed by atoms with Gasteiger partial charge in [-0.1, -0.05) is 122 Å². The minimum Gasteiger partial charge on any atom is -0.282 e. The molecule has 0 bridgehead atoms. The van der Waals surface area contributed by atoms with Crippen LogP contribution in [0.3, 0.4) is 0 Å². The first-order valence-corrected chi connectivity index (χ1v) is 15.6. The first-order chi connectivity index (χ1) is 15.7. The Bertz CT molecular complexity index is 863. The molecule has 0 spiro atoms. The second-order valence-electron chi connectivity index (χ2n) is 9.10. The van der Waals surface area contributed by atoms with Gasteiger partial charge in [0.1, 0.15) is 9.79 Å². The fourth-order valence-corrected chi connectivity index (χ4v) is 6.37. The third-order valence-electron chi connectivity index (χ3n) is 6.15. The monoisotopic (exact) mass is 504 g/mol. The first kappa shape index (κ1) is 30.1.